The van der Waals surface area contributed by atoms with Crippen molar-refractivity contribution in [2.24, 2.45) is 21.8 Å². The van der Waals surface area contributed by atoms with Crippen molar-refractivity contribution >= 4 is 21.6 Å². The Morgan fingerprint density at radius 3 is 2.47 bits per heavy atom. The molecular formula is C23H33N3O3S. The van der Waals surface area contributed by atoms with Crippen LogP contribution >= 0.6 is 0 Å². The first-order valence-electron chi connectivity index (χ1n) is 11.1. The van der Waals surface area contributed by atoms with Gasteiger partial charge >= 0.3 is 0 Å². The molecule has 0 aromatic heterocycles. The second-order valence-electron chi connectivity index (χ2n) is 9.94. The number of sulfonamides is 1. The van der Waals surface area contributed by atoms with Crippen molar-refractivity contribution in [3.05, 3.63) is 29.3 Å². The second kappa shape index (κ2) is 7.45. The van der Waals surface area contributed by atoms with Crippen LogP contribution in [-0.4, -0.2) is 37.4 Å². The maximum absolute atomic E-state index is 13.1. The van der Waals surface area contributed by atoms with Crippen LogP contribution in [0.3, 0.4) is 0 Å². The Morgan fingerprint density at radius 2 is 1.87 bits per heavy atom. The van der Waals surface area contributed by atoms with Crippen LogP contribution in [0.2, 0.25) is 0 Å². The largest absolute Gasteiger partial charge is 0.271 e. The summed E-state index contributed by atoms with van der Waals surface area (Å²) in [5.74, 6) is 0.251. The first-order valence-corrected chi connectivity index (χ1v) is 12.5. The van der Waals surface area contributed by atoms with Crippen LogP contribution in [0.5, 0.6) is 0 Å². The number of fused-ring (bicyclic) bond motifs is 2. The Kier molecular flexibility index (Phi) is 5.34. The Hall–Kier alpha value is -1.73. The lowest BCUT2D eigenvalue weighted by Gasteiger charge is -2.34. The van der Waals surface area contributed by atoms with Crippen LogP contribution in [0.25, 0.3) is 0 Å². The summed E-state index contributed by atoms with van der Waals surface area (Å²) in [6, 6.07) is 4.88. The van der Waals surface area contributed by atoms with E-state index < -0.39 is 10.0 Å². The van der Waals surface area contributed by atoms with E-state index in [1.165, 1.54) is 12.5 Å². The maximum Gasteiger partial charge on any atom is 0.271 e. The molecule has 2 bridgehead atoms. The van der Waals surface area contributed by atoms with E-state index in [-0.39, 0.29) is 21.6 Å². The number of aryl methyl sites for hydroxylation is 1. The average Bonchev–Trinajstić information content (AvgIpc) is 3.06. The highest BCUT2D eigenvalue weighted by atomic mass is 32.2. The molecular weight excluding hydrogens is 398 g/mol. The zero-order valence-corrected chi connectivity index (χ0v) is 19.3. The molecule has 30 heavy (non-hydrogen) atoms. The number of hydrogen-bond acceptors (Lipinski definition) is 4. The summed E-state index contributed by atoms with van der Waals surface area (Å²) in [5, 5.41) is 4.51. The molecule has 2 saturated carbocycles. The Morgan fingerprint density at radius 1 is 1.17 bits per heavy atom. The number of rotatable bonds is 4. The van der Waals surface area contributed by atoms with Gasteiger partial charge in [-0.2, -0.15) is 9.41 Å². The van der Waals surface area contributed by atoms with Crippen molar-refractivity contribution in [2.45, 2.75) is 71.1 Å². The molecule has 3 fully saturated rings. The van der Waals surface area contributed by atoms with E-state index in [1.54, 1.807) is 23.4 Å². The first-order chi connectivity index (χ1) is 14.1. The molecule has 4 rings (SSSR count). The van der Waals surface area contributed by atoms with Crippen molar-refractivity contribution < 1.29 is 13.2 Å². The first kappa shape index (κ1) is 21.5. The van der Waals surface area contributed by atoms with Gasteiger partial charge < -0.3 is 0 Å². The zero-order chi connectivity index (χ0) is 21.7. The highest BCUT2D eigenvalue weighted by molar-refractivity contribution is 7.89. The summed E-state index contributed by atoms with van der Waals surface area (Å²) < 4.78 is 27.8. The van der Waals surface area contributed by atoms with E-state index in [2.05, 4.69) is 31.3 Å². The number of carbonyl (C=O) groups excluding carboxylic acids is 1. The second-order valence-corrected chi connectivity index (χ2v) is 11.8. The molecule has 1 aliphatic heterocycles. The fourth-order valence-electron chi connectivity index (χ4n) is 5.54. The lowest BCUT2D eigenvalue weighted by molar-refractivity contribution is 0.0953. The Balaban J connectivity index is 1.55. The third kappa shape index (κ3) is 3.30. The molecule has 0 spiro atoms. The molecule has 1 aromatic carbocycles. The van der Waals surface area contributed by atoms with Gasteiger partial charge in [-0.15, -0.1) is 0 Å². The van der Waals surface area contributed by atoms with E-state index in [0.717, 1.165) is 37.8 Å². The molecule has 1 N–H and O–H groups in total. The molecule has 0 radical (unpaired) electrons. The minimum Gasteiger partial charge on any atom is -0.267 e. The van der Waals surface area contributed by atoms with Crippen molar-refractivity contribution in [2.75, 3.05) is 13.1 Å². The fraction of sp³-hybridized carbons (Fsp3) is 0.652. The lowest BCUT2D eigenvalue weighted by Crippen LogP contribution is -2.36. The van der Waals surface area contributed by atoms with Gasteiger partial charge in [0.25, 0.3) is 5.91 Å². The van der Waals surface area contributed by atoms with Crippen LogP contribution in [0, 0.1) is 23.7 Å². The van der Waals surface area contributed by atoms with Crippen molar-refractivity contribution in [3.63, 3.8) is 0 Å². The number of carbonyl (C=O) groups is 1. The zero-order valence-electron chi connectivity index (χ0n) is 18.5. The lowest BCUT2D eigenvalue weighted by atomic mass is 9.70. The van der Waals surface area contributed by atoms with E-state index in [0.29, 0.717) is 30.1 Å². The quantitative estimate of drug-likeness (QED) is 0.729. The van der Waals surface area contributed by atoms with Gasteiger partial charge in [0.2, 0.25) is 10.0 Å². The minimum absolute atomic E-state index is 0.0149. The number of nitrogens with one attached hydrogen (secondary N) is 1. The molecule has 164 valence electrons. The van der Waals surface area contributed by atoms with Crippen LogP contribution < -0.4 is 5.43 Å². The number of amides is 1. The normalized spacial score (nSPS) is 30.0. The predicted octanol–water partition coefficient (Wildman–Crippen LogP) is 4.10. The third-order valence-corrected chi connectivity index (χ3v) is 10.2. The fourth-order valence-corrected chi connectivity index (χ4v) is 7.31. The van der Waals surface area contributed by atoms with Gasteiger partial charge in [0.05, 0.1) is 4.90 Å². The van der Waals surface area contributed by atoms with E-state index >= 15 is 0 Å². The summed E-state index contributed by atoms with van der Waals surface area (Å²) in [7, 11) is -3.59. The number of benzene rings is 1. The Bertz CT molecular complexity index is 993. The highest BCUT2D eigenvalue weighted by Gasteiger charge is 2.60. The van der Waals surface area contributed by atoms with Gasteiger partial charge in [0, 0.05) is 29.8 Å². The SMILES string of the molecule is Cc1ccc(C(=O)N/N=C2/C[C@@H]3CC[C@]2(C)C3(C)C)cc1S(=O)(=O)N1CCCCC1. The van der Waals surface area contributed by atoms with Crippen LogP contribution in [0.4, 0.5) is 0 Å². The number of piperidine rings is 1. The van der Waals surface area contributed by atoms with E-state index in [9.17, 15) is 13.2 Å². The van der Waals surface area contributed by atoms with Gasteiger partial charge in [-0.25, -0.2) is 13.8 Å². The molecule has 7 heteroatoms. The van der Waals surface area contributed by atoms with Crippen LogP contribution in [0.1, 0.15) is 75.2 Å². The number of nitrogens with zero attached hydrogens (tertiary/aromatic N) is 2. The van der Waals surface area contributed by atoms with E-state index in [1.807, 2.05) is 0 Å². The van der Waals surface area contributed by atoms with Crippen LogP contribution in [-0.2, 0) is 10.0 Å². The van der Waals surface area contributed by atoms with Gasteiger partial charge in [-0.1, -0.05) is 33.3 Å². The summed E-state index contributed by atoms with van der Waals surface area (Å²) in [6.45, 7) is 9.71. The van der Waals surface area contributed by atoms with Gasteiger partial charge in [-0.05, 0) is 68.1 Å². The van der Waals surface area contributed by atoms with E-state index in [4.69, 9.17) is 0 Å². The Labute approximate surface area is 180 Å². The standard InChI is InChI=1S/C23H33N3O3S/c1-16-8-9-17(14-19(16)30(28,29)26-12-6-5-7-13-26)21(27)25-24-20-15-18-10-11-23(20,4)22(18,2)3/h8-9,14,18H,5-7,10-13,15H2,1-4H3,(H,25,27)/b24-20-/t18-,23-/m0/s1. The predicted molar refractivity (Wildman–Crippen MR) is 118 cm³/mol. The number of hydrazone groups is 1. The molecule has 1 heterocycles. The molecule has 0 unspecified atom stereocenters. The number of hydrogen-bond donors (Lipinski definition) is 1. The van der Waals surface area contributed by atoms with Crippen LogP contribution in [0.15, 0.2) is 28.2 Å². The molecule has 2 aliphatic carbocycles. The molecule has 1 amide bonds. The third-order valence-electron chi connectivity index (χ3n) is 8.19. The van der Waals surface area contributed by atoms with Gasteiger partial charge in [-0.3, -0.25) is 4.79 Å². The summed E-state index contributed by atoms with van der Waals surface area (Å²) in [5.41, 5.74) is 4.96. The molecule has 1 saturated heterocycles. The van der Waals surface area contributed by atoms with Gasteiger partial charge in [0.15, 0.2) is 0 Å². The molecule has 6 nitrogen and oxygen atoms in total. The molecule has 2 atom stereocenters. The monoisotopic (exact) mass is 431 g/mol. The summed E-state index contributed by atoms with van der Waals surface area (Å²) in [6.07, 6.45) is 6.06. The minimum atomic E-state index is -3.59. The maximum atomic E-state index is 13.1. The van der Waals surface area contributed by atoms with Gasteiger partial charge in [0.1, 0.15) is 0 Å². The topological polar surface area (TPSA) is 78.8 Å². The molecule has 3 aliphatic rings. The van der Waals surface area contributed by atoms with Crippen molar-refractivity contribution in [1.82, 2.24) is 9.73 Å². The summed E-state index contributed by atoms with van der Waals surface area (Å²) in [4.78, 5) is 13.0. The van der Waals surface area contributed by atoms with Crippen molar-refractivity contribution in [1.29, 1.82) is 0 Å². The average molecular weight is 432 g/mol. The summed E-state index contributed by atoms with van der Waals surface area (Å²) >= 11 is 0. The smallest absolute Gasteiger partial charge is 0.267 e. The molecule has 1 aromatic rings. The van der Waals surface area contributed by atoms with Crippen molar-refractivity contribution in [3.8, 4) is 0 Å². The highest BCUT2D eigenvalue weighted by Crippen LogP contribution is 2.63.